The molecule has 0 amide bonds. The summed E-state index contributed by atoms with van der Waals surface area (Å²) in [6.07, 6.45) is 3.41. The molecule has 35 heavy (non-hydrogen) atoms. The van der Waals surface area contributed by atoms with Crippen LogP contribution in [0, 0.1) is 5.92 Å². The summed E-state index contributed by atoms with van der Waals surface area (Å²) >= 11 is 3.71. The molecule has 0 radical (unpaired) electrons. The summed E-state index contributed by atoms with van der Waals surface area (Å²) in [6.45, 7) is 0. The Labute approximate surface area is 217 Å². The predicted octanol–water partition coefficient (Wildman–Crippen LogP) is 6.66. The molecule has 0 unspecified atom stereocenters. The fourth-order valence-corrected chi connectivity index (χ4v) is 5.95. The van der Waals surface area contributed by atoms with Crippen molar-refractivity contribution < 1.29 is 0 Å². The van der Waals surface area contributed by atoms with Crippen molar-refractivity contribution in [2.75, 3.05) is 12.1 Å². The van der Waals surface area contributed by atoms with Gasteiger partial charge in [-0.25, -0.2) is 5.84 Å². The highest BCUT2D eigenvalue weighted by Gasteiger charge is 2.42. The smallest absolute Gasteiger partial charge is 0.131 e. The lowest BCUT2D eigenvalue weighted by Gasteiger charge is -2.45. The molecule has 0 aromatic heterocycles. The Bertz CT molecular complexity index is 1140. The van der Waals surface area contributed by atoms with Crippen molar-refractivity contribution >= 4 is 21.6 Å². The lowest BCUT2D eigenvalue weighted by Crippen LogP contribution is -2.53. The third kappa shape index (κ3) is 4.54. The summed E-state index contributed by atoms with van der Waals surface area (Å²) in [5.74, 6) is 7.98. The van der Waals surface area contributed by atoms with Crippen molar-refractivity contribution in [1.82, 2.24) is 5.32 Å². The molecule has 5 rings (SSSR count). The first kappa shape index (κ1) is 23.8. The highest BCUT2D eigenvalue weighted by molar-refractivity contribution is 9.10. The van der Waals surface area contributed by atoms with Crippen LogP contribution < -0.4 is 16.2 Å². The van der Waals surface area contributed by atoms with E-state index in [4.69, 9.17) is 5.84 Å². The van der Waals surface area contributed by atoms with Gasteiger partial charge < -0.3 is 5.32 Å². The number of anilines is 1. The van der Waals surface area contributed by atoms with E-state index >= 15 is 0 Å². The largest absolute Gasteiger partial charge is 0.317 e. The van der Waals surface area contributed by atoms with Gasteiger partial charge in [-0.2, -0.15) is 0 Å². The van der Waals surface area contributed by atoms with E-state index in [0.29, 0.717) is 12.0 Å². The van der Waals surface area contributed by atoms with E-state index in [2.05, 4.69) is 137 Å². The standard InChI is InChI=1S/C31H32BrN3/c1-34-29-20-23(21-29)19-24-22-28(32)17-18-30(24)35(33)31(25-11-5-2-6-12-25,26-13-7-3-8-14-26)27-15-9-4-10-16-27/h2-18,22-23,29,34H,19-21,33H2,1H3. The van der Waals surface area contributed by atoms with Crippen molar-refractivity contribution in [2.24, 2.45) is 11.8 Å². The minimum Gasteiger partial charge on any atom is -0.317 e. The van der Waals surface area contributed by atoms with Crippen LogP contribution in [0.4, 0.5) is 5.69 Å². The molecule has 3 nitrogen and oxygen atoms in total. The molecule has 1 aliphatic rings. The van der Waals surface area contributed by atoms with E-state index in [1.807, 2.05) is 5.01 Å². The van der Waals surface area contributed by atoms with Crippen molar-refractivity contribution in [3.05, 3.63) is 136 Å². The van der Waals surface area contributed by atoms with Crippen LogP contribution in [0.5, 0.6) is 0 Å². The summed E-state index contributed by atoms with van der Waals surface area (Å²) in [4.78, 5) is 0. The van der Waals surface area contributed by atoms with E-state index < -0.39 is 5.54 Å². The third-order valence-corrected chi connectivity index (χ3v) is 7.88. The molecule has 0 spiro atoms. The van der Waals surface area contributed by atoms with Crippen LogP contribution in [-0.4, -0.2) is 13.1 Å². The van der Waals surface area contributed by atoms with E-state index in [1.54, 1.807) is 0 Å². The fourth-order valence-electron chi connectivity index (χ4n) is 5.54. The number of nitrogens with zero attached hydrogens (tertiary/aromatic N) is 1. The zero-order chi connectivity index (χ0) is 24.3. The molecule has 0 atom stereocenters. The summed E-state index contributed by atoms with van der Waals surface area (Å²) in [5, 5.41) is 5.41. The normalized spacial score (nSPS) is 17.6. The van der Waals surface area contributed by atoms with Crippen molar-refractivity contribution in [2.45, 2.75) is 30.8 Å². The maximum Gasteiger partial charge on any atom is 0.131 e. The minimum atomic E-state index is -0.695. The van der Waals surface area contributed by atoms with E-state index in [9.17, 15) is 0 Å². The second-order valence-electron chi connectivity index (χ2n) is 9.48. The average molecular weight is 527 g/mol. The summed E-state index contributed by atoms with van der Waals surface area (Å²) in [5.41, 5.74) is 5.03. The number of benzene rings is 4. The Morgan fingerprint density at radius 3 is 1.74 bits per heavy atom. The van der Waals surface area contributed by atoms with Crippen LogP contribution in [0.1, 0.15) is 35.1 Å². The van der Waals surface area contributed by atoms with Gasteiger partial charge in [0.1, 0.15) is 5.54 Å². The fraction of sp³-hybridized carbons (Fsp3) is 0.226. The van der Waals surface area contributed by atoms with Gasteiger partial charge in [-0.3, -0.25) is 5.01 Å². The molecule has 1 aliphatic carbocycles. The molecule has 178 valence electrons. The van der Waals surface area contributed by atoms with Gasteiger partial charge in [-0.1, -0.05) is 107 Å². The zero-order valence-electron chi connectivity index (χ0n) is 20.1. The molecule has 4 aromatic rings. The topological polar surface area (TPSA) is 41.3 Å². The Kier molecular flexibility index (Phi) is 7.05. The molecule has 3 N–H and O–H groups in total. The molecule has 1 saturated carbocycles. The lowest BCUT2D eigenvalue weighted by molar-refractivity contribution is 0.232. The van der Waals surface area contributed by atoms with Crippen LogP contribution in [0.3, 0.4) is 0 Å². The minimum absolute atomic E-state index is 0.627. The maximum atomic E-state index is 7.32. The maximum absolute atomic E-state index is 7.32. The highest BCUT2D eigenvalue weighted by atomic mass is 79.9. The number of hydrogen-bond donors (Lipinski definition) is 2. The van der Waals surface area contributed by atoms with Gasteiger partial charge in [-0.15, -0.1) is 0 Å². The Hall–Kier alpha value is -2.92. The number of rotatable bonds is 8. The van der Waals surface area contributed by atoms with Crippen LogP contribution in [0.2, 0.25) is 0 Å². The Morgan fingerprint density at radius 1 is 0.800 bits per heavy atom. The molecule has 0 heterocycles. The number of hydrogen-bond acceptors (Lipinski definition) is 3. The van der Waals surface area contributed by atoms with E-state index in [0.717, 1.165) is 33.3 Å². The highest BCUT2D eigenvalue weighted by Crippen LogP contribution is 2.45. The number of halogens is 1. The van der Waals surface area contributed by atoms with Crippen molar-refractivity contribution in [1.29, 1.82) is 0 Å². The van der Waals surface area contributed by atoms with Crippen molar-refractivity contribution in [3.63, 3.8) is 0 Å². The first-order chi connectivity index (χ1) is 17.1. The van der Waals surface area contributed by atoms with Gasteiger partial charge in [0.2, 0.25) is 0 Å². The molecular formula is C31H32BrN3. The van der Waals surface area contributed by atoms with Gasteiger partial charge in [0.25, 0.3) is 0 Å². The Morgan fingerprint density at radius 2 is 1.29 bits per heavy atom. The molecule has 1 fully saturated rings. The van der Waals surface area contributed by atoms with Gasteiger partial charge >= 0.3 is 0 Å². The first-order valence-corrected chi connectivity index (χ1v) is 13.1. The summed E-state index contributed by atoms with van der Waals surface area (Å²) in [6, 6.07) is 39.0. The summed E-state index contributed by atoms with van der Waals surface area (Å²) in [7, 11) is 2.06. The van der Waals surface area contributed by atoms with Crippen LogP contribution in [0.15, 0.2) is 114 Å². The molecule has 0 saturated heterocycles. The predicted molar refractivity (Wildman–Crippen MR) is 149 cm³/mol. The average Bonchev–Trinajstić information content (AvgIpc) is 2.88. The number of hydrazine groups is 1. The van der Waals surface area contributed by atoms with E-state index in [-0.39, 0.29) is 0 Å². The summed E-state index contributed by atoms with van der Waals surface area (Å²) < 4.78 is 1.08. The van der Waals surface area contributed by atoms with Gasteiger partial charge in [0, 0.05) is 10.5 Å². The Balaban J connectivity index is 1.70. The molecule has 4 aromatic carbocycles. The number of nitrogens with two attached hydrogens (primary N) is 1. The number of nitrogens with one attached hydrogen (secondary N) is 1. The van der Waals surface area contributed by atoms with Crippen LogP contribution in [-0.2, 0) is 12.0 Å². The molecule has 4 heteroatoms. The van der Waals surface area contributed by atoms with Gasteiger partial charge in [0.05, 0.1) is 5.69 Å². The van der Waals surface area contributed by atoms with Gasteiger partial charge in [-0.05, 0) is 72.7 Å². The van der Waals surface area contributed by atoms with E-state index in [1.165, 1.54) is 18.4 Å². The monoisotopic (exact) mass is 525 g/mol. The third-order valence-electron chi connectivity index (χ3n) is 7.39. The lowest BCUT2D eigenvalue weighted by atomic mass is 9.74. The second kappa shape index (κ2) is 10.4. The molecule has 0 bridgehead atoms. The first-order valence-electron chi connectivity index (χ1n) is 12.3. The van der Waals surface area contributed by atoms with Crippen LogP contribution in [0.25, 0.3) is 0 Å². The SMILES string of the molecule is CNC1CC(Cc2cc(Br)ccc2N(N)C(c2ccccc2)(c2ccccc2)c2ccccc2)C1. The quantitative estimate of drug-likeness (QED) is 0.153. The van der Waals surface area contributed by atoms with Gasteiger partial charge in [0.15, 0.2) is 0 Å². The molecular weight excluding hydrogens is 494 g/mol. The second-order valence-corrected chi connectivity index (χ2v) is 10.4. The van der Waals surface area contributed by atoms with Crippen LogP contribution >= 0.6 is 15.9 Å². The molecule has 0 aliphatic heterocycles. The van der Waals surface area contributed by atoms with Crippen molar-refractivity contribution in [3.8, 4) is 0 Å². The zero-order valence-corrected chi connectivity index (χ0v) is 21.7.